The van der Waals surface area contributed by atoms with Crippen LogP contribution in [0.25, 0.3) is 0 Å². The van der Waals surface area contributed by atoms with Crippen LogP contribution in [0.4, 0.5) is 0 Å². The maximum Gasteiger partial charge on any atom is 0.140 e. The van der Waals surface area contributed by atoms with Gasteiger partial charge in [-0.05, 0) is 6.07 Å². The third-order valence-electron chi connectivity index (χ3n) is 2.42. The summed E-state index contributed by atoms with van der Waals surface area (Å²) >= 11 is 17.8. The van der Waals surface area contributed by atoms with Gasteiger partial charge in [0.15, 0.2) is 0 Å². The van der Waals surface area contributed by atoms with E-state index < -0.39 is 0 Å². The van der Waals surface area contributed by atoms with Crippen LogP contribution in [0, 0.1) is 5.41 Å². The summed E-state index contributed by atoms with van der Waals surface area (Å²) in [5.41, 5.74) is 5.62. The largest absolute Gasteiger partial charge is 0.487 e. The fourth-order valence-electron chi connectivity index (χ4n) is 1.33. The molecule has 0 radical (unpaired) electrons. The van der Waals surface area contributed by atoms with Gasteiger partial charge in [0, 0.05) is 18.0 Å². The van der Waals surface area contributed by atoms with Crippen LogP contribution in [0.5, 0.6) is 5.75 Å². The minimum Gasteiger partial charge on any atom is -0.487 e. The molecule has 0 bridgehead atoms. The number of rotatable bonds is 3. The Hall–Kier alpha value is -0.150. The second-order valence-corrected chi connectivity index (χ2v) is 6.13. The molecule has 0 aliphatic rings. The standard InChI is InChI=1S/C12H16Cl3NO/c1-12(2,3)11(6-16)17-10-5-8(14)7(13)4-9(10)15/h4-5,11H,6,16H2,1-3H3. The summed E-state index contributed by atoms with van der Waals surface area (Å²) < 4.78 is 5.79. The highest BCUT2D eigenvalue weighted by molar-refractivity contribution is 6.43. The van der Waals surface area contributed by atoms with E-state index in [0.29, 0.717) is 27.4 Å². The van der Waals surface area contributed by atoms with Crippen molar-refractivity contribution in [1.82, 2.24) is 0 Å². The topological polar surface area (TPSA) is 35.2 Å². The second-order valence-electron chi connectivity index (χ2n) is 4.90. The van der Waals surface area contributed by atoms with Crippen LogP contribution in [0.3, 0.4) is 0 Å². The number of ether oxygens (including phenoxy) is 1. The molecule has 0 heterocycles. The SMILES string of the molecule is CC(C)(C)C(CN)Oc1cc(Cl)c(Cl)cc1Cl. The molecule has 2 nitrogen and oxygen atoms in total. The van der Waals surface area contributed by atoms with Gasteiger partial charge in [-0.25, -0.2) is 0 Å². The number of hydrogen-bond acceptors (Lipinski definition) is 2. The Bertz CT molecular complexity index is 401. The molecular weight excluding hydrogens is 280 g/mol. The van der Waals surface area contributed by atoms with Crippen molar-refractivity contribution in [2.45, 2.75) is 26.9 Å². The molecule has 1 aromatic rings. The Labute approximate surface area is 117 Å². The van der Waals surface area contributed by atoms with Crippen molar-refractivity contribution in [3.05, 3.63) is 27.2 Å². The maximum absolute atomic E-state index is 6.04. The lowest BCUT2D eigenvalue weighted by atomic mass is 9.89. The van der Waals surface area contributed by atoms with Crippen LogP contribution < -0.4 is 10.5 Å². The molecule has 2 N–H and O–H groups in total. The van der Waals surface area contributed by atoms with Crippen molar-refractivity contribution >= 4 is 34.8 Å². The van der Waals surface area contributed by atoms with Gasteiger partial charge in [-0.2, -0.15) is 0 Å². The molecule has 1 unspecified atom stereocenters. The third kappa shape index (κ3) is 3.92. The molecule has 1 atom stereocenters. The van der Waals surface area contributed by atoms with Crippen molar-refractivity contribution in [1.29, 1.82) is 0 Å². The molecule has 17 heavy (non-hydrogen) atoms. The summed E-state index contributed by atoms with van der Waals surface area (Å²) in [6, 6.07) is 3.18. The Morgan fingerprint density at radius 3 is 2.12 bits per heavy atom. The molecule has 0 aromatic heterocycles. The van der Waals surface area contributed by atoms with E-state index >= 15 is 0 Å². The molecule has 0 fully saturated rings. The van der Waals surface area contributed by atoms with Gasteiger partial charge < -0.3 is 10.5 Å². The normalized spacial score (nSPS) is 13.6. The highest BCUT2D eigenvalue weighted by Crippen LogP contribution is 2.36. The van der Waals surface area contributed by atoms with Crippen LogP contribution in [0.1, 0.15) is 20.8 Å². The predicted octanol–water partition coefficient (Wildman–Crippen LogP) is 4.40. The smallest absolute Gasteiger partial charge is 0.140 e. The first kappa shape index (κ1) is 14.9. The minimum atomic E-state index is -0.141. The van der Waals surface area contributed by atoms with Gasteiger partial charge in [0.25, 0.3) is 0 Å². The summed E-state index contributed by atoms with van der Waals surface area (Å²) in [6.07, 6.45) is -0.141. The zero-order chi connectivity index (χ0) is 13.2. The Morgan fingerprint density at radius 2 is 1.65 bits per heavy atom. The van der Waals surface area contributed by atoms with Crippen molar-refractivity contribution in [2.75, 3.05) is 6.54 Å². The molecular formula is C12H16Cl3NO. The first-order chi connectivity index (χ1) is 7.75. The van der Waals surface area contributed by atoms with Crippen LogP contribution in [0.15, 0.2) is 12.1 Å². The van der Waals surface area contributed by atoms with E-state index in [1.807, 2.05) is 0 Å². The van der Waals surface area contributed by atoms with E-state index in [1.54, 1.807) is 12.1 Å². The second kappa shape index (κ2) is 5.66. The lowest BCUT2D eigenvalue weighted by Crippen LogP contribution is -2.38. The average molecular weight is 297 g/mol. The lowest BCUT2D eigenvalue weighted by Gasteiger charge is -2.30. The van der Waals surface area contributed by atoms with Gasteiger partial charge in [-0.3, -0.25) is 0 Å². The van der Waals surface area contributed by atoms with Gasteiger partial charge in [0.2, 0.25) is 0 Å². The van der Waals surface area contributed by atoms with Gasteiger partial charge >= 0.3 is 0 Å². The van der Waals surface area contributed by atoms with Gasteiger partial charge in [-0.15, -0.1) is 0 Å². The Morgan fingerprint density at radius 1 is 1.12 bits per heavy atom. The molecule has 0 saturated carbocycles. The number of benzene rings is 1. The zero-order valence-corrected chi connectivity index (χ0v) is 12.3. The molecule has 0 aliphatic carbocycles. The molecule has 0 spiro atoms. The van der Waals surface area contributed by atoms with Crippen LogP contribution in [0.2, 0.25) is 15.1 Å². The minimum absolute atomic E-state index is 0.0792. The van der Waals surface area contributed by atoms with E-state index in [2.05, 4.69) is 20.8 Å². The fourth-order valence-corrected chi connectivity index (χ4v) is 1.91. The van der Waals surface area contributed by atoms with Crippen molar-refractivity contribution in [2.24, 2.45) is 11.1 Å². The molecule has 0 amide bonds. The van der Waals surface area contributed by atoms with Crippen molar-refractivity contribution < 1.29 is 4.74 Å². The summed E-state index contributed by atoms with van der Waals surface area (Å²) in [6.45, 7) is 6.56. The van der Waals surface area contributed by atoms with E-state index in [1.165, 1.54) is 0 Å². The summed E-state index contributed by atoms with van der Waals surface area (Å²) in [5, 5.41) is 1.25. The van der Waals surface area contributed by atoms with Crippen molar-refractivity contribution in [3.63, 3.8) is 0 Å². The molecule has 96 valence electrons. The third-order valence-corrected chi connectivity index (χ3v) is 3.44. The molecule has 5 heteroatoms. The van der Waals surface area contributed by atoms with E-state index in [-0.39, 0.29) is 11.5 Å². The van der Waals surface area contributed by atoms with Crippen LogP contribution in [-0.4, -0.2) is 12.6 Å². The van der Waals surface area contributed by atoms with E-state index in [4.69, 9.17) is 45.3 Å². The first-order valence-electron chi connectivity index (χ1n) is 5.27. The monoisotopic (exact) mass is 295 g/mol. The van der Waals surface area contributed by atoms with Crippen LogP contribution in [-0.2, 0) is 0 Å². The Kier molecular flexibility index (Phi) is 4.96. The highest BCUT2D eigenvalue weighted by Gasteiger charge is 2.26. The molecule has 0 aliphatic heterocycles. The zero-order valence-electron chi connectivity index (χ0n) is 10.1. The first-order valence-corrected chi connectivity index (χ1v) is 6.40. The fraction of sp³-hybridized carbons (Fsp3) is 0.500. The van der Waals surface area contributed by atoms with Gasteiger partial charge in [-0.1, -0.05) is 55.6 Å². The van der Waals surface area contributed by atoms with Gasteiger partial charge in [0.05, 0.1) is 15.1 Å². The van der Waals surface area contributed by atoms with Crippen LogP contribution >= 0.6 is 34.8 Å². The predicted molar refractivity (Wildman–Crippen MR) is 74.4 cm³/mol. The van der Waals surface area contributed by atoms with E-state index in [0.717, 1.165) is 0 Å². The number of hydrogen-bond donors (Lipinski definition) is 1. The van der Waals surface area contributed by atoms with Gasteiger partial charge in [0.1, 0.15) is 11.9 Å². The molecule has 0 saturated heterocycles. The average Bonchev–Trinajstić information content (AvgIpc) is 2.19. The molecule has 1 rings (SSSR count). The summed E-state index contributed by atoms with van der Waals surface area (Å²) in [5.74, 6) is 0.506. The summed E-state index contributed by atoms with van der Waals surface area (Å²) in [7, 11) is 0. The number of nitrogens with two attached hydrogens (primary N) is 1. The number of halogens is 3. The summed E-state index contributed by atoms with van der Waals surface area (Å²) in [4.78, 5) is 0. The lowest BCUT2D eigenvalue weighted by molar-refractivity contribution is 0.0943. The molecule has 1 aromatic carbocycles. The Balaban J connectivity index is 2.98. The van der Waals surface area contributed by atoms with Crippen molar-refractivity contribution in [3.8, 4) is 5.75 Å². The van der Waals surface area contributed by atoms with E-state index in [9.17, 15) is 0 Å². The maximum atomic E-state index is 6.04. The highest BCUT2D eigenvalue weighted by atomic mass is 35.5. The quantitative estimate of drug-likeness (QED) is 0.839.